The van der Waals surface area contributed by atoms with Crippen molar-refractivity contribution in [3.05, 3.63) is 22.4 Å². The molecule has 0 amide bonds. The third-order valence-corrected chi connectivity index (χ3v) is 2.53. The van der Waals surface area contributed by atoms with E-state index in [1.54, 1.807) is 0 Å². The summed E-state index contributed by atoms with van der Waals surface area (Å²) in [6.45, 7) is 0. The van der Waals surface area contributed by atoms with Crippen molar-refractivity contribution in [1.82, 2.24) is 4.98 Å². The molecule has 1 aromatic heterocycles. The lowest BCUT2D eigenvalue weighted by atomic mass is 10.5. The maximum absolute atomic E-state index is 12.3. The number of rotatable bonds is 1. The summed E-state index contributed by atoms with van der Waals surface area (Å²) in [7, 11) is -4.80. The van der Waals surface area contributed by atoms with E-state index in [4.69, 9.17) is 23.2 Å². The SMILES string of the molecule is O=S(=O)(F)c1cnc(Cl)cc1Cl. The van der Waals surface area contributed by atoms with Gasteiger partial charge in [0.2, 0.25) is 0 Å². The smallest absolute Gasteiger partial charge is 0.243 e. The van der Waals surface area contributed by atoms with Crippen molar-refractivity contribution in [1.29, 1.82) is 0 Å². The van der Waals surface area contributed by atoms with Crippen LogP contribution in [0, 0.1) is 0 Å². The minimum Gasteiger partial charge on any atom is -0.243 e. The Hall–Kier alpha value is -0.390. The minimum atomic E-state index is -4.80. The predicted molar refractivity (Wildman–Crippen MR) is 42.6 cm³/mol. The van der Waals surface area contributed by atoms with Gasteiger partial charge in [-0.15, -0.1) is 3.89 Å². The molecule has 12 heavy (non-hydrogen) atoms. The van der Waals surface area contributed by atoms with Crippen LogP contribution >= 0.6 is 23.2 Å². The predicted octanol–water partition coefficient (Wildman–Crippen LogP) is 2.05. The molecule has 0 unspecified atom stereocenters. The number of nitrogens with zero attached hydrogens (tertiary/aromatic N) is 1. The highest BCUT2D eigenvalue weighted by atomic mass is 35.5. The molecule has 66 valence electrons. The normalized spacial score (nSPS) is 11.6. The highest BCUT2D eigenvalue weighted by Crippen LogP contribution is 2.23. The molecule has 0 aliphatic heterocycles. The first-order valence-corrected chi connectivity index (χ1v) is 4.81. The summed E-state index contributed by atoms with van der Waals surface area (Å²) in [5, 5.41) is -0.273. The number of aromatic nitrogens is 1. The molecule has 0 aliphatic carbocycles. The molecule has 0 N–H and O–H groups in total. The van der Waals surface area contributed by atoms with Crippen molar-refractivity contribution in [2.75, 3.05) is 0 Å². The van der Waals surface area contributed by atoms with Crippen molar-refractivity contribution in [3.63, 3.8) is 0 Å². The van der Waals surface area contributed by atoms with Gasteiger partial charge in [0.25, 0.3) is 0 Å². The Morgan fingerprint density at radius 1 is 1.42 bits per heavy atom. The van der Waals surface area contributed by atoms with E-state index in [2.05, 4.69) is 4.98 Å². The standard InChI is InChI=1S/C5H2Cl2FNO2S/c6-3-1-5(7)9-2-4(3)12(8,10)11/h1-2H. The fourth-order valence-corrected chi connectivity index (χ4v) is 1.69. The molecule has 0 spiro atoms. The van der Waals surface area contributed by atoms with E-state index in [0.717, 1.165) is 12.3 Å². The van der Waals surface area contributed by atoms with Crippen molar-refractivity contribution in [2.24, 2.45) is 0 Å². The zero-order valence-corrected chi connectivity index (χ0v) is 7.79. The van der Waals surface area contributed by atoms with Gasteiger partial charge in [-0.3, -0.25) is 0 Å². The van der Waals surface area contributed by atoms with Crippen LogP contribution < -0.4 is 0 Å². The van der Waals surface area contributed by atoms with E-state index in [-0.39, 0.29) is 10.2 Å². The summed E-state index contributed by atoms with van der Waals surface area (Å²) in [5.74, 6) is 0. The largest absolute Gasteiger partial charge is 0.335 e. The molecule has 0 aromatic carbocycles. The van der Waals surface area contributed by atoms with E-state index < -0.39 is 15.1 Å². The molecular formula is C5H2Cl2FNO2S. The Bertz CT molecular complexity index is 406. The second kappa shape index (κ2) is 3.16. The average molecular weight is 230 g/mol. The van der Waals surface area contributed by atoms with Crippen LogP contribution in [0.4, 0.5) is 3.89 Å². The summed E-state index contributed by atoms with van der Waals surface area (Å²) in [6, 6.07) is 1.05. The fraction of sp³-hybridized carbons (Fsp3) is 0. The van der Waals surface area contributed by atoms with Gasteiger partial charge in [-0.1, -0.05) is 23.2 Å². The third-order valence-electron chi connectivity index (χ3n) is 1.05. The Morgan fingerprint density at radius 2 is 2.00 bits per heavy atom. The van der Waals surface area contributed by atoms with Crippen LogP contribution in [-0.4, -0.2) is 13.4 Å². The summed E-state index contributed by atoms with van der Waals surface area (Å²) < 4.78 is 33.0. The zero-order chi connectivity index (χ0) is 9.35. The Morgan fingerprint density at radius 3 is 2.42 bits per heavy atom. The van der Waals surface area contributed by atoms with Crippen molar-refractivity contribution < 1.29 is 12.3 Å². The monoisotopic (exact) mass is 229 g/mol. The zero-order valence-electron chi connectivity index (χ0n) is 5.46. The first kappa shape index (κ1) is 9.70. The molecule has 7 heteroatoms. The number of hydrogen-bond donors (Lipinski definition) is 0. The molecule has 1 aromatic rings. The van der Waals surface area contributed by atoms with Gasteiger partial charge in [-0.05, 0) is 6.07 Å². The molecule has 1 rings (SSSR count). The lowest BCUT2D eigenvalue weighted by Gasteiger charge is -1.96. The number of pyridine rings is 1. The molecule has 0 atom stereocenters. The van der Waals surface area contributed by atoms with Crippen LogP contribution in [0.3, 0.4) is 0 Å². The van der Waals surface area contributed by atoms with Crippen molar-refractivity contribution >= 4 is 33.4 Å². The van der Waals surface area contributed by atoms with Crippen LogP contribution in [0.25, 0.3) is 0 Å². The highest BCUT2D eigenvalue weighted by molar-refractivity contribution is 7.86. The lowest BCUT2D eigenvalue weighted by molar-refractivity contribution is 0.551. The number of hydrogen-bond acceptors (Lipinski definition) is 3. The van der Waals surface area contributed by atoms with Gasteiger partial charge in [-0.25, -0.2) is 4.98 Å². The van der Waals surface area contributed by atoms with E-state index in [1.807, 2.05) is 0 Å². The summed E-state index contributed by atoms with van der Waals surface area (Å²) in [6.07, 6.45) is 0.764. The van der Waals surface area contributed by atoms with Gasteiger partial charge >= 0.3 is 10.2 Å². The van der Waals surface area contributed by atoms with Crippen LogP contribution in [0.1, 0.15) is 0 Å². The summed E-state index contributed by atoms with van der Waals surface area (Å²) >= 11 is 10.7. The summed E-state index contributed by atoms with van der Waals surface area (Å²) in [5.41, 5.74) is 0. The fourth-order valence-electron chi connectivity index (χ4n) is 0.574. The van der Waals surface area contributed by atoms with Crippen LogP contribution in [0.15, 0.2) is 17.2 Å². The highest BCUT2D eigenvalue weighted by Gasteiger charge is 2.16. The van der Waals surface area contributed by atoms with Crippen molar-refractivity contribution in [2.45, 2.75) is 4.90 Å². The third kappa shape index (κ3) is 2.06. The molecule has 0 radical (unpaired) electrons. The van der Waals surface area contributed by atoms with Gasteiger partial charge in [0.1, 0.15) is 10.0 Å². The topological polar surface area (TPSA) is 47.0 Å². The van der Waals surface area contributed by atoms with E-state index in [1.165, 1.54) is 0 Å². The molecule has 1 heterocycles. The minimum absolute atomic E-state index is 0.00685. The molecule has 0 bridgehead atoms. The first-order valence-electron chi connectivity index (χ1n) is 2.67. The lowest BCUT2D eigenvalue weighted by Crippen LogP contribution is -1.94. The maximum Gasteiger partial charge on any atom is 0.335 e. The van der Waals surface area contributed by atoms with Gasteiger partial charge < -0.3 is 0 Å². The molecule has 0 aliphatic rings. The second-order valence-electron chi connectivity index (χ2n) is 1.88. The summed E-state index contributed by atoms with van der Waals surface area (Å²) in [4.78, 5) is 2.70. The molecule has 0 saturated carbocycles. The Labute approximate surface area is 78.3 Å². The van der Waals surface area contributed by atoms with Gasteiger partial charge in [0, 0.05) is 0 Å². The second-order valence-corrected chi connectivity index (χ2v) is 3.99. The molecule has 0 fully saturated rings. The van der Waals surface area contributed by atoms with Gasteiger partial charge in [0.05, 0.1) is 11.2 Å². The van der Waals surface area contributed by atoms with Crippen LogP contribution in [-0.2, 0) is 10.2 Å². The van der Waals surface area contributed by atoms with E-state index >= 15 is 0 Å². The first-order chi connectivity index (χ1) is 5.41. The molecule has 0 saturated heterocycles. The Kier molecular flexibility index (Phi) is 2.55. The molecule has 3 nitrogen and oxygen atoms in total. The van der Waals surface area contributed by atoms with E-state index in [0.29, 0.717) is 0 Å². The average Bonchev–Trinajstić information content (AvgIpc) is 1.83. The number of halogens is 3. The Balaban J connectivity index is 3.39. The quantitative estimate of drug-likeness (QED) is 0.547. The van der Waals surface area contributed by atoms with Gasteiger partial charge in [-0.2, -0.15) is 8.42 Å². The van der Waals surface area contributed by atoms with E-state index in [9.17, 15) is 12.3 Å². The van der Waals surface area contributed by atoms with Gasteiger partial charge in [0.15, 0.2) is 0 Å². The van der Waals surface area contributed by atoms with Crippen LogP contribution in [0.5, 0.6) is 0 Å². The maximum atomic E-state index is 12.3. The molecular weight excluding hydrogens is 228 g/mol. The van der Waals surface area contributed by atoms with Crippen LogP contribution in [0.2, 0.25) is 10.2 Å². The van der Waals surface area contributed by atoms with Crippen molar-refractivity contribution in [3.8, 4) is 0 Å².